The summed E-state index contributed by atoms with van der Waals surface area (Å²) in [5, 5.41) is 0. The van der Waals surface area contributed by atoms with Gasteiger partial charge in [0.05, 0.1) is 0 Å². The summed E-state index contributed by atoms with van der Waals surface area (Å²) < 4.78 is 11.4. The number of rotatable bonds is 3. The maximum absolute atomic E-state index is 12.6. The number of hydrogen-bond donors (Lipinski definition) is 0. The van der Waals surface area contributed by atoms with Gasteiger partial charge in [-0.2, -0.15) is 0 Å². The number of amides is 1. The molecule has 1 aliphatic carbocycles. The molecule has 3 rings (SSSR count). The molecule has 0 aromatic heterocycles. The maximum atomic E-state index is 12.6. The number of aryl methyl sites for hydroxylation is 1. The summed E-state index contributed by atoms with van der Waals surface area (Å²) in [5.41, 5.74) is 2.61. The minimum absolute atomic E-state index is 0.156. The van der Waals surface area contributed by atoms with Crippen LogP contribution < -0.4 is 0 Å². The molecule has 1 aliphatic heterocycles. The first-order valence-corrected chi connectivity index (χ1v) is 9.24. The largest absolute Gasteiger partial charge is 0.342 e. The van der Waals surface area contributed by atoms with Crippen LogP contribution in [0.1, 0.15) is 36.3 Å². The van der Waals surface area contributed by atoms with E-state index in [1.807, 2.05) is 18.0 Å². The lowest BCUT2D eigenvalue weighted by Crippen LogP contribution is -2.42. The summed E-state index contributed by atoms with van der Waals surface area (Å²) in [6, 6.07) is 8.66. The van der Waals surface area contributed by atoms with Crippen molar-refractivity contribution in [3.8, 4) is 0 Å². The SMILES string of the molecule is Cc1ccccc1C1CC1C(=O)N(C)C1CCS(=O)CC1. The average molecular weight is 305 g/mol. The third-order valence-corrected chi connectivity index (χ3v) is 6.33. The lowest BCUT2D eigenvalue weighted by molar-refractivity contribution is -0.133. The third kappa shape index (κ3) is 3.05. The van der Waals surface area contributed by atoms with E-state index in [9.17, 15) is 9.00 Å². The Balaban J connectivity index is 1.62. The molecule has 4 heteroatoms. The number of nitrogens with zero attached hydrogens (tertiary/aromatic N) is 1. The van der Waals surface area contributed by atoms with Gasteiger partial charge in [0.2, 0.25) is 5.91 Å². The van der Waals surface area contributed by atoms with Gasteiger partial charge >= 0.3 is 0 Å². The van der Waals surface area contributed by atoms with Crippen LogP contribution in [0.3, 0.4) is 0 Å². The predicted molar refractivity (Wildman–Crippen MR) is 85.7 cm³/mol. The first kappa shape index (κ1) is 14.8. The predicted octanol–water partition coefficient (Wildman–Crippen LogP) is 2.47. The molecule has 1 amide bonds. The molecule has 0 spiro atoms. The third-order valence-electron chi connectivity index (χ3n) is 4.95. The van der Waals surface area contributed by atoms with E-state index < -0.39 is 10.8 Å². The Hall–Kier alpha value is -1.16. The number of hydrogen-bond acceptors (Lipinski definition) is 2. The Morgan fingerprint density at radius 1 is 1.24 bits per heavy atom. The number of benzene rings is 1. The van der Waals surface area contributed by atoms with E-state index in [2.05, 4.69) is 25.1 Å². The quantitative estimate of drug-likeness (QED) is 0.860. The fourth-order valence-electron chi connectivity index (χ4n) is 3.42. The fourth-order valence-corrected chi connectivity index (χ4v) is 4.70. The number of carbonyl (C=O) groups excluding carboxylic acids is 1. The van der Waals surface area contributed by atoms with Crippen LogP contribution in [0.2, 0.25) is 0 Å². The molecule has 21 heavy (non-hydrogen) atoms. The Morgan fingerprint density at radius 3 is 2.57 bits per heavy atom. The zero-order chi connectivity index (χ0) is 15.0. The van der Waals surface area contributed by atoms with Gasteiger partial charge in [-0.05, 0) is 43.2 Å². The lowest BCUT2D eigenvalue weighted by Gasteiger charge is -2.31. The first-order chi connectivity index (χ1) is 10.1. The van der Waals surface area contributed by atoms with E-state index in [4.69, 9.17) is 0 Å². The van der Waals surface area contributed by atoms with Crippen molar-refractivity contribution in [1.82, 2.24) is 4.90 Å². The summed E-state index contributed by atoms with van der Waals surface area (Å²) in [6.45, 7) is 2.12. The highest BCUT2D eigenvalue weighted by atomic mass is 32.2. The number of carbonyl (C=O) groups is 1. The van der Waals surface area contributed by atoms with E-state index in [1.54, 1.807) is 0 Å². The molecule has 2 aliphatic rings. The molecule has 1 aromatic carbocycles. The minimum atomic E-state index is -0.663. The summed E-state index contributed by atoms with van der Waals surface area (Å²) in [4.78, 5) is 14.6. The highest BCUT2D eigenvalue weighted by Gasteiger charge is 2.46. The molecule has 1 aromatic rings. The summed E-state index contributed by atoms with van der Waals surface area (Å²) in [5.74, 6) is 2.32. The van der Waals surface area contributed by atoms with Crippen LogP contribution in [0, 0.1) is 12.8 Å². The van der Waals surface area contributed by atoms with Crippen molar-refractivity contribution in [2.24, 2.45) is 5.92 Å². The monoisotopic (exact) mass is 305 g/mol. The van der Waals surface area contributed by atoms with Crippen LogP contribution in [-0.2, 0) is 15.6 Å². The van der Waals surface area contributed by atoms with Crippen LogP contribution in [-0.4, -0.2) is 39.6 Å². The molecule has 2 unspecified atom stereocenters. The van der Waals surface area contributed by atoms with E-state index >= 15 is 0 Å². The topological polar surface area (TPSA) is 37.4 Å². The average Bonchev–Trinajstić information content (AvgIpc) is 3.27. The first-order valence-electron chi connectivity index (χ1n) is 7.75. The van der Waals surface area contributed by atoms with Gasteiger partial charge in [0.15, 0.2) is 0 Å². The van der Waals surface area contributed by atoms with Gasteiger partial charge in [0.25, 0.3) is 0 Å². The van der Waals surface area contributed by atoms with Gasteiger partial charge in [-0.3, -0.25) is 9.00 Å². The molecule has 2 fully saturated rings. The molecule has 1 saturated heterocycles. The van der Waals surface area contributed by atoms with Crippen molar-refractivity contribution in [2.75, 3.05) is 18.6 Å². The highest BCUT2D eigenvalue weighted by Crippen LogP contribution is 2.49. The Morgan fingerprint density at radius 2 is 1.90 bits per heavy atom. The molecule has 0 bridgehead atoms. The van der Waals surface area contributed by atoms with Crippen LogP contribution in [0.4, 0.5) is 0 Å². The molecule has 0 radical (unpaired) electrons. The van der Waals surface area contributed by atoms with Crippen molar-refractivity contribution >= 4 is 16.7 Å². The van der Waals surface area contributed by atoms with Crippen molar-refractivity contribution < 1.29 is 9.00 Å². The van der Waals surface area contributed by atoms with E-state index in [1.165, 1.54) is 11.1 Å². The molecular weight excluding hydrogens is 282 g/mol. The molecule has 3 nitrogen and oxygen atoms in total. The Labute approximate surface area is 129 Å². The second-order valence-electron chi connectivity index (χ2n) is 6.33. The molecule has 2 atom stereocenters. The van der Waals surface area contributed by atoms with Gasteiger partial charge in [-0.25, -0.2) is 0 Å². The summed E-state index contributed by atoms with van der Waals surface area (Å²) in [6.07, 6.45) is 2.75. The lowest BCUT2D eigenvalue weighted by atomic mass is 10.0. The highest BCUT2D eigenvalue weighted by molar-refractivity contribution is 7.85. The van der Waals surface area contributed by atoms with Crippen molar-refractivity contribution in [3.05, 3.63) is 35.4 Å². The zero-order valence-corrected chi connectivity index (χ0v) is 13.6. The molecule has 114 valence electrons. The van der Waals surface area contributed by atoms with E-state index in [-0.39, 0.29) is 17.9 Å². The summed E-state index contributed by atoms with van der Waals surface area (Å²) in [7, 11) is 1.26. The summed E-state index contributed by atoms with van der Waals surface area (Å²) >= 11 is 0. The molecule has 1 heterocycles. The Kier molecular flexibility index (Phi) is 4.16. The van der Waals surface area contributed by atoms with E-state index in [0.717, 1.165) is 30.8 Å². The van der Waals surface area contributed by atoms with Crippen LogP contribution in [0.25, 0.3) is 0 Å². The molecular formula is C17H23NO2S. The van der Waals surface area contributed by atoms with Crippen molar-refractivity contribution in [1.29, 1.82) is 0 Å². The second-order valence-corrected chi connectivity index (χ2v) is 8.03. The standard InChI is InChI=1S/C17H23NO2S/c1-12-5-3-4-6-14(12)15-11-16(15)17(19)18(2)13-7-9-21(20)10-8-13/h3-6,13,15-16H,7-11H2,1-2H3. The zero-order valence-electron chi connectivity index (χ0n) is 12.7. The van der Waals surface area contributed by atoms with Gasteiger partial charge in [-0.1, -0.05) is 24.3 Å². The van der Waals surface area contributed by atoms with Gasteiger partial charge in [-0.15, -0.1) is 0 Å². The molecule has 0 N–H and O–H groups in total. The minimum Gasteiger partial charge on any atom is -0.342 e. The van der Waals surface area contributed by atoms with Crippen LogP contribution in [0.5, 0.6) is 0 Å². The van der Waals surface area contributed by atoms with Gasteiger partial charge in [0, 0.05) is 41.3 Å². The van der Waals surface area contributed by atoms with Gasteiger partial charge < -0.3 is 4.90 Å². The maximum Gasteiger partial charge on any atom is 0.226 e. The second kappa shape index (κ2) is 5.91. The Bertz CT molecular complexity index is 562. The van der Waals surface area contributed by atoms with Crippen molar-refractivity contribution in [2.45, 2.75) is 38.1 Å². The smallest absolute Gasteiger partial charge is 0.226 e. The van der Waals surface area contributed by atoms with Crippen LogP contribution >= 0.6 is 0 Å². The van der Waals surface area contributed by atoms with Gasteiger partial charge in [0.1, 0.15) is 0 Å². The van der Waals surface area contributed by atoms with Crippen molar-refractivity contribution in [3.63, 3.8) is 0 Å². The fraction of sp³-hybridized carbons (Fsp3) is 0.588. The normalized spacial score (nSPS) is 31.7. The van der Waals surface area contributed by atoms with Crippen LogP contribution in [0.15, 0.2) is 24.3 Å². The molecule has 1 saturated carbocycles. The van der Waals surface area contributed by atoms with E-state index in [0.29, 0.717) is 5.92 Å².